The van der Waals surface area contributed by atoms with Gasteiger partial charge in [0.2, 0.25) is 0 Å². The summed E-state index contributed by atoms with van der Waals surface area (Å²) in [6, 6.07) is 12.6. The van der Waals surface area contributed by atoms with E-state index in [1.807, 2.05) is 12.3 Å². The molecule has 0 fully saturated rings. The number of rotatable bonds is 1. The van der Waals surface area contributed by atoms with Gasteiger partial charge >= 0.3 is 0 Å². The third-order valence-corrected chi connectivity index (χ3v) is 3.49. The third-order valence-electron chi connectivity index (χ3n) is 3.49. The van der Waals surface area contributed by atoms with Crippen LogP contribution < -0.4 is 10.6 Å². The summed E-state index contributed by atoms with van der Waals surface area (Å²) in [7, 11) is 0. The molecule has 1 aliphatic heterocycles. The number of nitrogen functional groups attached to an aromatic ring is 1. The van der Waals surface area contributed by atoms with E-state index in [0.29, 0.717) is 5.82 Å². The van der Waals surface area contributed by atoms with Crippen LogP contribution in [0, 0.1) is 0 Å². The molecule has 0 aliphatic carbocycles. The van der Waals surface area contributed by atoms with Gasteiger partial charge in [0.05, 0.1) is 11.9 Å². The maximum absolute atomic E-state index is 5.63. The van der Waals surface area contributed by atoms with Gasteiger partial charge in [0, 0.05) is 13.1 Å². The Balaban J connectivity index is 1.89. The number of anilines is 2. The highest BCUT2D eigenvalue weighted by Crippen LogP contribution is 2.23. The smallest absolute Gasteiger partial charge is 0.123 e. The first-order valence-corrected chi connectivity index (χ1v) is 6.36. The van der Waals surface area contributed by atoms with E-state index < -0.39 is 0 Å². The summed E-state index contributed by atoms with van der Waals surface area (Å²) in [6.07, 6.45) is 4.21. The van der Waals surface area contributed by atoms with Crippen LogP contribution >= 0.6 is 0 Å². The molecule has 0 radical (unpaired) electrons. The van der Waals surface area contributed by atoms with Crippen LogP contribution in [-0.2, 0) is 13.0 Å². The highest BCUT2D eigenvalue weighted by atomic mass is 15.1. The van der Waals surface area contributed by atoms with Gasteiger partial charge in [-0.3, -0.25) is 0 Å². The highest BCUT2D eigenvalue weighted by molar-refractivity contribution is 5.49. The van der Waals surface area contributed by atoms with E-state index in [-0.39, 0.29) is 0 Å². The minimum atomic E-state index is 0.578. The van der Waals surface area contributed by atoms with Crippen molar-refractivity contribution >= 4 is 11.5 Å². The SMILES string of the molecule is Nc1ccc(N2CCCc3ccccc3C2)cn1. The average molecular weight is 239 g/mol. The van der Waals surface area contributed by atoms with Crippen molar-refractivity contribution in [1.82, 2.24) is 4.98 Å². The van der Waals surface area contributed by atoms with Crippen molar-refractivity contribution < 1.29 is 0 Å². The van der Waals surface area contributed by atoms with Crippen molar-refractivity contribution in [1.29, 1.82) is 0 Å². The monoisotopic (exact) mass is 239 g/mol. The second-order valence-corrected chi connectivity index (χ2v) is 4.74. The van der Waals surface area contributed by atoms with E-state index in [1.54, 1.807) is 0 Å². The van der Waals surface area contributed by atoms with Crippen LogP contribution in [0.4, 0.5) is 11.5 Å². The van der Waals surface area contributed by atoms with Gasteiger partial charge in [0.1, 0.15) is 5.82 Å². The molecule has 0 amide bonds. The van der Waals surface area contributed by atoms with E-state index in [9.17, 15) is 0 Å². The lowest BCUT2D eigenvalue weighted by Crippen LogP contribution is -2.22. The predicted molar refractivity (Wildman–Crippen MR) is 74.5 cm³/mol. The number of hydrogen-bond acceptors (Lipinski definition) is 3. The molecule has 3 heteroatoms. The molecule has 0 bridgehead atoms. The molecule has 92 valence electrons. The second-order valence-electron chi connectivity index (χ2n) is 4.74. The topological polar surface area (TPSA) is 42.1 Å². The summed E-state index contributed by atoms with van der Waals surface area (Å²) in [6.45, 7) is 2.03. The molecule has 2 N–H and O–H groups in total. The predicted octanol–water partition coefficient (Wildman–Crippen LogP) is 2.62. The van der Waals surface area contributed by atoms with Gasteiger partial charge in [-0.1, -0.05) is 24.3 Å². The zero-order valence-corrected chi connectivity index (χ0v) is 10.3. The maximum Gasteiger partial charge on any atom is 0.123 e. The van der Waals surface area contributed by atoms with Gasteiger partial charge in [0.15, 0.2) is 0 Å². The first-order chi connectivity index (χ1) is 8.83. The molecule has 0 unspecified atom stereocenters. The molecule has 0 saturated heterocycles. The molecule has 0 spiro atoms. The Labute approximate surface area is 107 Å². The highest BCUT2D eigenvalue weighted by Gasteiger charge is 2.14. The third kappa shape index (κ3) is 2.16. The van der Waals surface area contributed by atoms with Crippen molar-refractivity contribution in [3.8, 4) is 0 Å². The lowest BCUT2D eigenvalue weighted by Gasteiger charge is -2.22. The average Bonchev–Trinajstić information content (AvgIpc) is 2.61. The van der Waals surface area contributed by atoms with Crippen molar-refractivity contribution in [2.45, 2.75) is 19.4 Å². The number of benzene rings is 1. The van der Waals surface area contributed by atoms with E-state index in [1.165, 1.54) is 17.5 Å². The largest absolute Gasteiger partial charge is 0.384 e. The van der Waals surface area contributed by atoms with Gasteiger partial charge in [-0.05, 0) is 36.1 Å². The van der Waals surface area contributed by atoms with Crippen molar-refractivity contribution in [2.75, 3.05) is 17.2 Å². The second kappa shape index (κ2) is 4.69. The molecule has 2 heterocycles. The van der Waals surface area contributed by atoms with Gasteiger partial charge in [-0.15, -0.1) is 0 Å². The van der Waals surface area contributed by atoms with Crippen LogP contribution in [0.15, 0.2) is 42.6 Å². The normalized spacial score (nSPS) is 15.0. The molecule has 0 atom stereocenters. The fourth-order valence-corrected chi connectivity index (χ4v) is 2.51. The molecular weight excluding hydrogens is 222 g/mol. The summed E-state index contributed by atoms with van der Waals surface area (Å²) in [5.41, 5.74) is 9.69. The molecule has 1 aliphatic rings. The maximum atomic E-state index is 5.63. The molecule has 1 aromatic carbocycles. The summed E-state index contributed by atoms with van der Waals surface area (Å²) < 4.78 is 0. The minimum Gasteiger partial charge on any atom is -0.384 e. The Kier molecular flexibility index (Phi) is 2.89. The van der Waals surface area contributed by atoms with E-state index in [4.69, 9.17) is 5.73 Å². The van der Waals surface area contributed by atoms with Gasteiger partial charge < -0.3 is 10.6 Å². The lowest BCUT2D eigenvalue weighted by molar-refractivity contribution is 0.764. The lowest BCUT2D eigenvalue weighted by atomic mass is 10.0. The number of nitrogens with zero attached hydrogens (tertiary/aromatic N) is 2. The number of aryl methyl sites for hydroxylation is 1. The first-order valence-electron chi connectivity index (χ1n) is 6.36. The van der Waals surface area contributed by atoms with Crippen LogP contribution in [0.25, 0.3) is 0 Å². The standard InChI is InChI=1S/C15H17N3/c16-15-8-7-14(10-17-15)18-9-3-6-12-4-1-2-5-13(12)11-18/h1-2,4-5,7-8,10H,3,6,9,11H2,(H2,16,17). The fourth-order valence-electron chi connectivity index (χ4n) is 2.51. The van der Waals surface area contributed by atoms with Crippen LogP contribution in [0.5, 0.6) is 0 Å². The number of aromatic nitrogens is 1. The number of pyridine rings is 1. The van der Waals surface area contributed by atoms with E-state index in [0.717, 1.165) is 25.2 Å². The van der Waals surface area contributed by atoms with Crippen molar-refractivity contribution in [2.24, 2.45) is 0 Å². The summed E-state index contributed by atoms with van der Waals surface area (Å²) >= 11 is 0. The fraction of sp³-hybridized carbons (Fsp3) is 0.267. The molecule has 2 aromatic rings. The van der Waals surface area contributed by atoms with Crippen LogP contribution in [-0.4, -0.2) is 11.5 Å². The Bertz CT molecular complexity index is 534. The van der Waals surface area contributed by atoms with Crippen molar-refractivity contribution in [3.63, 3.8) is 0 Å². The Hall–Kier alpha value is -2.03. The molecule has 3 rings (SSSR count). The zero-order valence-electron chi connectivity index (χ0n) is 10.3. The van der Waals surface area contributed by atoms with Crippen molar-refractivity contribution in [3.05, 3.63) is 53.7 Å². The summed E-state index contributed by atoms with van der Waals surface area (Å²) in [5, 5.41) is 0. The van der Waals surface area contributed by atoms with Gasteiger partial charge in [0.25, 0.3) is 0 Å². The number of hydrogen-bond donors (Lipinski definition) is 1. The van der Waals surface area contributed by atoms with Gasteiger partial charge in [-0.2, -0.15) is 0 Å². The van der Waals surface area contributed by atoms with Gasteiger partial charge in [-0.25, -0.2) is 4.98 Å². The minimum absolute atomic E-state index is 0.578. The number of nitrogens with two attached hydrogens (primary N) is 1. The van der Waals surface area contributed by atoms with E-state index in [2.05, 4.69) is 40.2 Å². The van der Waals surface area contributed by atoms with Crippen LogP contribution in [0.2, 0.25) is 0 Å². The molecule has 18 heavy (non-hydrogen) atoms. The van der Waals surface area contributed by atoms with Crippen LogP contribution in [0.3, 0.4) is 0 Å². The Morgan fingerprint density at radius 3 is 2.67 bits per heavy atom. The van der Waals surface area contributed by atoms with E-state index >= 15 is 0 Å². The Morgan fingerprint density at radius 1 is 1.06 bits per heavy atom. The molecule has 1 aromatic heterocycles. The zero-order chi connectivity index (χ0) is 12.4. The first kappa shape index (κ1) is 11.1. The Morgan fingerprint density at radius 2 is 1.89 bits per heavy atom. The van der Waals surface area contributed by atoms with Crippen LogP contribution in [0.1, 0.15) is 17.5 Å². The summed E-state index contributed by atoms with van der Waals surface area (Å²) in [4.78, 5) is 6.55. The molecule has 3 nitrogen and oxygen atoms in total. The summed E-state index contributed by atoms with van der Waals surface area (Å²) in [5.74, 6) is 0.578. The molecule has 0 saturated carbocycles. The number of fused-ring (bicyclic) bond motifs is 1. The molecular formula is C15H17N3. The quantitative estimate of drug-likeness (QED) is 0.831.